The van der Waals surface area contributed by atoms with E-state index in [9.17, 15) is 0 Å². The average molecular weight is 317 g/mol. The first-order valence-electron chi connectivity index (χ1n) is 7.09. The molecule has 0 bridgehead atoms. The maximum atomic E-state index is 5.91. The minimum Gasteiger partial charge on any atom is -0.179 e. The number of hydrogen-bond donors (Lipinski definition) is 1. The summed E-state index contributed by atoms with van der Waals surface area (Å²) in [4.78, 5) is 0. The van der Waals surface area contributed by atoms with Crippen LogP contribution in [0.15, 0.2) is 24.3 Å². The lowest BCUT2D eigenvalue weighted by molar-refractivity contribution is 0.318. The van der Waals surface area contributed by atoms with Gasteiger partial charge in [-0.25, -0.2) is 0 Å². The van der Waals surface area contributed by atoms with Crippen molar-refractivity contribution >= 4 is 36.0 Å². The fraction of sp³-hybridized carbons (Fsp3) is 0.625. The van der Waals surface area contributed by atoms with Crippen molar-refractivity contribution in [1.82, 2.24) is 0 Å². The van der Waals surface area contributed by atoms with Gasteiger partial charge in [-0.05, 0) is 41.7 Å². The third-order valence-corrected chi connectivity index (χ3v) is 5.76. The molecule has 0 saturated heterocycles. The van der Waals surface area contributed by atoms with Gasteiger partial charge in [0.25, 0.3) is 0 Å². The molecule has 0 unspecified atom stereocenters. The summed E-state index contributed by atoms with van der Waals surface area (Å²) in [6, 6.07) is 8.19. The molecule has 19 heavy (non-hydrogen) atoms. The summed E-state index contributed by atoms with van der Waals surface area (Å²) < 4.78 is 0. The zero-order chi connectivity index (χ0) is 14.1. The van der Waals surface area contributed by atoms with Crippen molar-refractivity contribution in [3.05, 3.63) is 34.9 Å². The molecule has 0 saturated carbocycles. The lowest BCUT2D eigenvalue weighted by Gasteiger charge is -2.31. The molecule has 0 atom stereocenters. The van der Waals surface area contributed by atoms with Crippen molar-refractivity contribution in [2.24, 2.45) is 5.41 Å². The minimum absolute atomic E-state index is 0.420. The Bertz CT molecular complexity index is 342. The summed E-state index contributed by atoms with van der Waals surface area (Å²) in [6.45, 7) is 4.55. The van der Waals surface area contributed by atoms with E-state index in [0.29, 0.717) is 5.41 Å². The molecule has 0 amide bonds. The van der Waals surface area contributed by atoms with Crippen LogP contribution in [0.25, 0.3) is 0 Å². The van der Waals surface area contributed by atoms with E-state index in [2.05, 4.69) is 38.6 Å². The molecule has 0 aliphatic heterocycles. The van der Waals surface area contributed by atoms with Crippen LogP contribution in [0.3, 0.4) is 0 Å². The van der Waals surface area contributed by atoms with Crippen molar-refractivity contribution in [2.45, 2.75) is 45.3 Å². The fourth-order valence-corrected chi connectivity index (χ4v) is 4.56. The summed E-state index contributed by atoms with van der Waals surface area (Å²) in [5.41, 5.74) is 1.78. The van der Waals surface area contributed by atoms with Crippen LogP contribution in [0.4, 0.5) is 0 Å². The van der Waals surface area contributed by atoms with Gasteiger partial charge in [0, 0.05) is 16.5 Å². The molecular weight excluding hydrogens is 292 g/mol. The van der Waals surface area contributed by atoms with Crippen LogP contribution < -0.4 is 0 Å². The number of benzene rings is 1. The first-order chi connectivity index (χ1) is 9.15. The van der Waals surface area contributed by atoms with E-state index in [4.69, 9.17) is 11.6 Å². The highest BCUT2D eigenvalue weighted by molar-refractivity contribution is 7.98. The van der Waals surface area contributed by atoms with Crippen LogP contribution in [0.2, 0.25) is 5.02 Å². The summed E-state index contributed by atoms with van der Waals surface area (Å²) in [6.07, 6.45) is 5.08. The Labute approximate surface area is 133 Å². The molecule has 0 N–H and O–H groups in total. The van der Waals surface area contributed by atoms with Gasteiger partial charge in [-0.3, -0.25) is 0 Å². The standard InChI is InChI=1S/C16H25ClS2/c1-3-9-16(12-18,10-4-2)13-19-11-14-5-7-15(17)8-6-14/h5-8,18H,3-4,9-13H2,1-2H3. The Morgan fingerprint density at radius 1 is 1.11 bits per heavy atom. The zero-order valence-electron chi connectivity index (χ0n) is 12.0. The lowest BCUT2D eigenvalue weighted by atomic mass is 9.83. The number of thioether (sulfide) groups is 1. The predicted molar refractivity (Wildman–Crippen MR) is 93.7 cm³/mol. The van der Waals surface area contributed by atoms with Crippen molar-refractivity contribution in [3.63, 3.8) is 0 Å². The van der Waals surface area contributed by atoms with Gasteiger partial charge in [-0.2, -0.15) is 24.4 Å². The summed E-state index contributed by atoms with van der Waals surface area (Å²) >= 11 is 12.6. The van der Waals surface area contributed by atoms with Gasteiger partial charge in [-0.1, -0.05) is 50.4 Å². The summed E-state index contributed by atoms with van der Waals surface area (Å²) in [7, 11) is 0. The van der Waals surface area contributed by atoms with E-state index < -0.39 is 0 Å². The SMILES string of the molecule is CCCC(CS)(CCC)CSCc1ccc(Cl)cc1. The Kier molecular flexibility index (Phi) is 8.36. The lowest BCUT2D eigenvalue weighted by Crippen LogP contribution is -2.26. The first-order valence-corrected chi connectivity index (χ1v) is 9.25. The van der Waals surface area contributed by atoms with E-state index in [1.807, 2.05) is 23.9 Å². The highest BCUT2D eigenvalue weighted by Crippen LogP contribution is 2.35. The van der Waals surface area contributed by atoms with Gasteiger partial charge in [0.15, 0.2) is 0 Å². The normalized spacial score (nSPS) is 11.8. The van der Waals surface area contributed by atoms with Crippen LogP contribution in [-0.4, -0.2) is 11.5 Å². The molecule has 0 fully saturated rings. The van der Waals surface area contributed by atoms with E-state index >= 15 is 0 Å². The Morgan fingerprint density at radius 2 is 1.68 bits per heavy atom. The monoisotopic (exact) mass is 316 g/mol. The summed E-state index contributed by atoms with van der Waals surface area (Å²) in [5, 5.41) is 0.815. The van der Waals surface area contributed by atoms with Gasteiger partial charge in [0.1, 0.15) is 0 Å². The minimum atomic E-state index is 0.420. The van der Waals surface area contributed by atoms with Crippen LogP contribution in [0.1, 0.15) is 45.1 Å². The zero-order valence-corrected chi connectivity index (χ0v) is 14.5. The van der Waals surface area contributed by atoms with E-state index in [1.54, 1.807) is 0 Å². The van der Waals surface area contributed by atoms with Crippen LogP contribution >= 0.6 is 36.0 Å². The molecule has 0 spiro atoms. The van der Waals surface area contributed by atoms with Crippen LogP contribution in [-0.2, 0) is 5.75 Å². The topological polar surface area (TPSA) is 0 Å². The first kappa shape index (κ1) is 17.3. The van der Waals surface area contributed by atoms with E-state index in [1.165, 1.54) is 37.0 Å². The third-order valence-electron chi connectivity index (χ3n) is 3.49. The number of hydrogen-bond acceptors (Lipinski definition) is 2. The second-order valence-electron chi connectivity index (χ2n) is 5.28. The fourth-order valence-electron chi connectivity index (χ4n) is 2.50. The highest BCUT2D eigenvalue weighted by atomic mass is 35.5. The van der Waals surface area contributed by atoms with Gasteiger partial charge in [0.2, 0.25) is 0 Å². The quantitative estimate of drug-likeness (QED) is 0.538. The molecule has 3 heteroatoms. The molecular formula is C16H25ClS2. The largest absolute Gasteiger partial charge is 0.179 e. The maximum absolute atomic E-state index is 5.91. The van der Waals surface area contributed by atoms with Gasteiger partial charge < -0.3 is 0 Å². The molecule has 0 heterocycles. The molecule has 108 valence electrons. The van der Waals surface area contributed by atoms with Gasteiger partial charge in [-0.15, -0.1) is 0 Å². The average Bonchev–Trinajstić information content (AvgIpc) is 2.41. The number of thiol groups is 1. The second kappa shape index (κ2) is 9.20. The number of halogens is 1. The summed E-state index contributed by atoms with van der Waals surface area (Å²) in [5.74, 6) is 3.28. The molecule has 0 radical (unpaired) electrons. The van der Waals surface area contributed by atoms with Gasteiger partial charge >= 0.3 is 0 Å². The van der Waals surface area contributed by atoms with Crippen LogP contribution in [0.5, 0.6) is 0 Å². The molecule has 0 aliphatic rings. The molecule has 1 aromatic carbocycles. The maximum Gasteiger partial charge on any atom is 0.0406 e. The molecule has 0 aliphatic carbocycles. The number of rotatable bonds is 9. The molecule has 1 aromatic rings. The van der Waals surface area contributed by atoms with Crippen molar-refractivity contribution in [3.8, 4) is 0 Å². The predicted octanol–water partition coefficient (Wildman–Crippen LogP) is 6.09. The molecule has 0 nitrogen and oxygen atoms in total. The van der Waals surface area contributed by atoms with Crippen molar-refractivity contribution in [1.29, 1.82) is 0 Å². The molecule has 1 rings (SSSR count). The van der Waals surface area contributed by atoms with Gasteiger partial charge in [0.05, 0.1) is 0 Å². The Morgan fingerprint density at radius 3 is 2.16 bits per heavy atom. The smallest absolute Gasteiger partial charge is 0.0406 e. The van der Waals surface area contributed by atoms with Crippen molar-refractivity contribution < 1.29 is 0 Å². The molecule has 0 aromatic heterocycles. The van der Waals surface area contributed by atoms with Crippen molar-refractivity contribution in [2.75, 3.05) is 11.5 Å². The second-order valence-corrected chi connectivity index (χ2v) is 7.02. The van der Waals surface area contributed by atoms with E-state index in [-0.39, 0.29) is 0 Å². The van der Waals surface area contributed by atoms with E-state index in [0.717, 1.165) is 16.5 Å². The van der Waals surface area contributed by atoms with Crippen LogP contribution in [0, 0.1) is 5.41 Å². The highest BCUT2D eigenvalue weighted by Gasteiger charge is 2.26. The Balaban J connectivity index is 2.49. The Hall–Kier alpha value is 0.210. The third kappa shape index (κ3) is 6.01.